The van der Waals surface area contributed by atoms with Crippen LogP contribution in [0.2, 0.25) is 0 Å². The lowest BCUT2D eigenvalue weighted by atomic mass is 9.95. The van der Waals surface area contributed by atoms with Crippen molar-refractivity contribution in [1.29, 1.82) is 0 Å². The Kier molecular flexibility index (Phi) is 3.29. The van der Waals surface area contributed by atoms with Crippen LogP contribution in [0.25, 0.3) is 0 Å². The first-order valence-electron chi connectivity index (χ1n) is 5.24. The maximum atomic E-state index is 12.0. The molecule has 4 heteroatoms. The fraction of sp³-hybridized carbons (Fsp3) is 0.818. The van der Waals surface area contributed by atoms with Crippen molar-refractivity contribution in [1.82, 2.24) is 4.90 Å². The van der Waals surface area contributed by atoms with Crippen LogP contribution in [0.4, 0.5) is 0 Å². The Labute approximate surface area is 99.3 Å². The average Bonchev–Trinajstić information content (AvgIpc) is 2.29. The van der Waals surface area contributed by atoms with E-state index in [1.807, 2.05) is 20.8 Å². The Bertz CT molecular complexity index is 295. The predicted octanol–water partition coefficient (Wildman–Crippen LogP) is 2.19. The van der Waals surface area contributed by atoms with Crippen molar-refractivity contribution < 1.29 is 9.59 Å². The molecule has 3 nitrogen and oxygen atoms in total. The van der Waals surface area contributed by atoms with Crippen molar-refractivity contribution in [3.05, 3.63) is 0 Å². The summed E-state index contributed by atoms with van der Waals surface area (Å²) >= 11 is 3.31. The lowest BCUT2D eigenvalue weighted by Gasteiger charge is -2.27. The summed E-state index contributed by atoms with van der Waals surface area (Å²) in [4.78, 5) is 25.3. The number of alkyl halides is 1. The first-order valence-corrected chi connectivity index (χ1v) is 6.03. The zero-order valence-corrected chi connectivity index (χ0v) is 11.5. The smallest absolute Gasteiger partial charge is 0.245 e. The second kappa shape index (κ2) is 3.89. The number of amides is 2. The number of imide groups is 1. The second-order valence-corrected chi connectivity index (χ2v) is 6.86. The Morgan fingerprint density at radius 2 is 1.80 bits per heavy atom. The predicted molar refractivity (Wildman–Crippen MR) is 62.6 cm³/mol. The van der Waals surface area contributed by atoms with E-state index in [1.165, 1.54) is 4.90 Å². The van der Waals surface area contributed by atoms with Gasteiger partial charge in [0.1, 0.15) is 0 Å². The molecule has 3 unspecified atom stereocenters. The van der Waals surface area contributed by atoms with Crippen LogP contribution < -0.4 is 0 Å². The van der Waals surface area contributed by atoms with Crippen LogP contribution in [0.1, 0.15) is 34.6 Å². The van der Waals surface area contributed by atoms with Gasteiger partial charge >= 0.3 is 0 Å². The molecule has 2 amide bonds. The summed E-state index contributed by atoms with van der Waals surface area (Å²) in [6.45, 7) is 9.37. The third-order valence-corrected chi connectivity index (χ3v) is 3.65. The molecule has 0 saturated carbocycles. The molecular formula is C11H18BrNO2. The minimum Gasteiger partial charge on any atom is -0.278 e. The Balaban J connectivity index is 2.98. The van der Waals surface area contributed by atoms with E-state index >= 15 is 0 Å². The molecular weight excluding hydrogens is 258 g/mol. The van der Waals surface area contributed by atoms with Crippen LogP contribution in [0, 0.1) is 11.8 Å². The number of likely N-dealkylation sites (tertiary alicyclic amines) is 1. The first-order chi connectivity index (χ1) is 6.68. The maximum absolute atomic E-state index is 12.0. The van der Waals surface area contributed by atoms with Gasteiger partial charge in [-0.3, -0.25) is 14.5 Å². The lowest BCUT2D eigenvalue weighted by Crippen LogP contribution is -2.46. The van der Waals surface area contributed by atoms with E-state index in [0.717, 1.165) is 0 Å². The standard InChI is InChI=1S/C11H18BrNO2/c1-6-7(2)9(14)13(8(6)3)10(15)11(4,5)12/h6-8H,1-5H3. The molecule has 0 aromatic heterocycles. The lowest BCUT2D eigenvalue weighted by molar-refractivity contribution is -0.145. The molecule has 0 spiro atoms. The minimum absolute atomic E-state index is 0.00294. The quantitative estimate of drug-likeness (QED) is 0.688. The van der Waals surface area contributed by atoms with E-state index in [4.69, 9.17) is 0 Å². The van der Waals surface area contributed by atoms with Gasteiger partial charge < -0.3 is 0 Å². The van der Waals surface area contributed by atoms with Gasteiger partial charge in [-0.05, 0) is 26.7 Å². The van der Waals surface area contributed by atoms with Gasteiger partial charge in [-0.2, -0.15) is 0 Å². The molecule has 1 rings (SSSR count). The molecule has 0 aliphatic carbocycles. The van der Waals surface area contributed by atoms with Crippen molar-refractivity contribution in [2.75, 3.05) is 0 Å². The third-order valence-electron chi connectivity index (χ3n) is 3.31. The molecule has 1 fully saturated rings. The number of hydrogen-bond donors (Lipinski definition) is 0. The zero-order valence-electron chi connectivity index (χ0n) is 9.87. The van der Waals surface area contributed by atoms with Gasteiger partial charge in [-0.15, -0.1) is 0 Å². The number of rotatable bonds is 1. The van der Waals surface area contributed by atoms with E-state index in [0.29, 0.717) is 0 Å². The molecule has 1 aliphatic heterocycles. The van der Waals surface area contributed by atoms with Crippen molar-refractivity contribution in [2.45, 2.75) is 45.0 Å². The van der Waals surface area contributed by atoms with Crippen molar-refractivity contribution >= 4 is 27.7 Å². The summed E-state index contributed by atoms with van der Waals surface area (Å²) in [5.74, 6) is -0.0150. The highest BCUT2D eigenvalue weighted by Gasteiger charge is 2.46. The van der Waals surface area contributed by atoms with E-state index in [9.17, 15) is 9.59 Å². The number of nitrogens with zero attached hydrogens (tertiary/aromatic N) is 1. The molecule has 0 radical (unpaired) electrons. The average molecular weight is 276 g/mol. The Hall–Kier alpha value is -0.380. The van der Waals surface area contributed by atoms with E-state index in [1.54, 1.807) is 13.8 Å². The van der Waals surface area contributed by atoms with Crippen LogP contribution in [0.15, 0.2) is 0 Å². The van der Waals surface area contributed by atoms with Gasteiger partial charge in [-0.25, -0.2) is 0 Å². The zero-order chi connectivity index (χ0) is 12.0. The van der Waals surface area contributed by atoms with E-state index in [2.05, 4.69) is 15.9 Å². The minimum atomic E-state index is -0.666. The molecule has 0 aromatic rings. The molecule has 1 saturated heterocycles. The monoisotopic (exact) mass is 275 g/mol. The molecule has 3 atom stereocenters. The van der Waals surface area contributed by atoms with Gasteiger partial charge in [0, 0.05) is 12.0 Å². The molecule has 86 valence electrons. The van der Waals surface area contributed by atoms with Crippen LogP contribution in [-0.4, -0.2) is 27.1 Å². The highest BCUT2D eigenvalue weighted by Crippen LogP contribution is 2.33. The van der Waals surface area contributed by atoms with Crippen LogP contribution in [0.3, 0.4) is 0 Å². The second-order valence-electron chi connectivity index (χ2n) is 4.87. The molecule has 0 N–H and O–H groups in total. The summed E-state index contributed by atoms with van der Waals surface area (Å²) in [5, 5.41) is 0. The summed E-state index contributed by atoms with van der Waals surface area (Å²) in [6, 6.07) is -0.00294. The van der Waals surface area contributed by atoms with Gasteiger partial charge in [0.25, 0.3) is 0 Å². The Morgan fingerprint density at radius 1 is 1.33 bits per heavy atom. The summed E-state index contributed by atoms with van der Waals surface area (Å²) in [6.07, 6.45) is 0. The highest BCUT2D eigenvalue weighted by atomic mass is 79.9. The molecule has 0 aromatic carbocycles. The van der Waals surface area contributed by atoms with E-state index < -0.39 is 4.32 Å². The number of carbonyl (C=O) groups excluding carboxylic acids is 2. The summed E-state index contributed by atoms with van der Waals surface area (Å²) < 4.78 is -0.666. The highest BCUT2D eigenvalue weighted by molar-refractivity contribution is 9.10. The molecule has 1 heterocycles. The van der Waals surface area contributed by atoms with E-state index in [-0.39, 0.29) is 29.7 Å². The van der Waals surface area contributed by atoms with Gasteiger partial charge in [-0.1, -0.05) is 29.8 Å². The van der Waals surface area contributed by atoms with Crippen molar-refractivity contribution in [2.24, 2.45) is 11.8 Å². The van der Waals surface area contributed by atoms with Crippen molar-refractivity contribution in [3.63, 3.8) is 0 Å². The number of hydrogen-bond acceptors (Lipinski definition) is 2. The van der Waals surface area contributed by atoms with Gasteiger partial charge in [0.15, 0.2) is 0 Å². The largest absolute Gasteiger partial charge is 0.278 e. The molecule has 15 heavy (non-hydrogen) atoms. The number of carbonyl (C=O) groups is 2. The Morgan fingerprint density at radius 3 is 2.07 bits per heavy atom. The number of halogens is 1. The van der Waals surface area contributed by atoms with Gasteiger partial charge in [0.2, 0.25) is 11.8 Å². The maximum Gasteiger partial charge on any atom is 0.245 e. The normalized spacial score (nSPS) is 32.3. The van der Waals surface area contributed by atoms with Crippen molar-refractivity contribution in [3.8, 4) is 0 Å². The SMILES string of the molecule is CC1C(=O)N(C(=O)C(C)(C)Br)C(C)C1C. The summed E-state index contributed by atoms with van der Waals surface area (Å²) in [5.41, 5.74) is 0. The van der Waals surface area contributed by atoms with Crippen LogP contribution in [0.5, 0.6) is 0 Å². The van der Waals surface area contributed by atoms with Crippen LogP contribution >= 0.6 is 15.9 Å². The molecule has 0 bridgehead atoms. The topological polar surface area (TPSA) is 37.4 Å². The fourth-order valence-corrected chi connectivity index (χ4v) is 2.06. The molecule has 1 aliphatic rings. The van der Waals surface area contributed by atoms with Crippen LogP contribution in [-0.2, 0) is 9.59 Å². The third kappa shape index (κ3) is 2.10. The fourth-order valence-electron chi connectivity index (χ4n) is 1.87. The first kappa shape index (κ1) is 12.7. The van der Waals surface area contributed by atoms with Gasteiger partial charge in [0.05, 0.1) is 4.32 Å². The summed E-state index contributed by atoms with van der Waals surface area (Å²) in [7, 11) is 0.